The fourth-order valence-corrected chi connectivity index (χ4v) is 0.947. The molecule has 0 fully saturated rings. The number of hydrogen-bond acceptors (Lipinski definition) is 2. The van der Waals surface area contributed by atoms with Crippen molar-refractivity contribution in [3.05, 3.63) is 18.0 Å². The Hall–Kier alpha value is -0.830. The van der Waals surface area contributed by atoms with E-state index in [0.717, 1.165) is 18.7 Å². The standard InChI is InChI=1S/C7H13N3/c1-2-5-10-7(6-8)3-4-9-10/h3-4H,2,5-6,8H2,1H3. The molecule has 1 rings (SSSR count). The molecule has 3 heteroatoms. The quantitative estimate of drug-likeness (QED) is 0.671. The molecule has 0 radical (unpaired) electrons. The Kier molecular flexibility index (Phi) is 2.45. The van der Waals surface area contributed by atoms with Gasteiger partial charge in [0, 0.05) is 19.3 Å². The Balaban J connectivity index is 2.70. The molecule has 1 aromatic heterocycles. The maximum absolute atomic E-state index is 5.46. The van der Waals surface area contributed by atoms with Crippen LogP contribution in [0.5, 0.6) is 0 Å². The van der Waals surface area contributed by atoms with Gasteiger partial charge < -0.3 is 5.73 Å². The van der Waals surface area contributed by atoms with Crippen LogP contribution in [0.25, 0.3) is 0 Å². The van der Waals surface area contributed by atoms with E-state index in [1.165, 1.54) is 0 Å². The first-order chi connectivity index (χ1) is 4.88. The Bertz CT molecular complexity index is 192. The van der Waals surface area contributed by atoms with Crippen LogP contribution in [0.4, 0.5) is 0 Å². The van der Waals surface area contributed by atoms with E-state index in [1.807, 2.05) is 10.7 Å². The van der Waals surface area contributed by atoms with Gasteiger partial charge in [-0.2, -0.15) is 5.10 Å². The molecule has 0 saturated heterocycles. The lowest BCUT2D eigenvalue weighted by molar-refractivity contribution is 0.575. The van der Waals surface area contributed by atoms with E-state index in [0.29, 0.717) is 6.54 Å². The van der Waals surface area contributed by atoms with Crippen LogP contribution in [0.3, 0.4) is 0 Å². The molecule has 0 aliphatic rings. The summed E-state index contributed by atoms with van der Waals surface area (Å²) in [6, 6.07) is 1.95. The first-order valence-electron chi connectivity index (χ1n) is 3.59. The van der Waals surface area contributed by atoms with Gasteiger partial charge in [-0.05, 0) is 12.5 Å². The molecule has 0 aliphatic carbocycles. The topological polar surface area (TPSA) is 43.8 Å². The zero-order chi connectivity index (χ0) is 7.40. The van der Waals surface area contributed by atoms with E-state index in [9.17, 15) is 0 Å². The van der Waals surface area contributed by atoms with Crippen LogP contribution in [0.2, 0.25) is 0 Å². The number of hydrogen-bond donors (Lipinski definition) is 1. The Morgan fingerprint density at radius 1 is 1.70 bits per heavy atom. The van der Waals surface area contributed by atoms with Crippen molar-refractivity contribution in [1.82, 2.24) is 9.78 Å². The van der Waals surface area contributed by atoms with Crippen molar-refractivity contribution in [3.8, 4) is 0 Å². The van der Waals surface area contributed by atoms with Crippen LogP contribution < -0.4 is 5.73 Å². The number of rotatable bonds is 3. The molecule has 56 valence electrons. The monoisotopic (exact) mass is 139 g/mol. The SMILES string of the molecule is CCCn1nccc1CN. The Labute approximate surface area is 60.8 Å². The van der Waals surface area contributed by atoms with Crippen LogP contribution in [-0.4, -0.2) is 9.78 Å². The summed E-state index contributed by atoms with van der Waals surface area (Å²) in [6.45, 7) is 3.68. The predicted octanol–water partition coefficient (Wildman–Crippen LogP) is 0.752. The van der Waals surface area contributed by atoms with Gasteiger partial charge in [-0.1, -0.05) is 6.92 Å². The summed E-state index contributed by atoms with van der Waals surface area (Å²) in [5.74, 6) is 0. The van der Waals surface area contributed by atoms with Crippen molar-refractivity contribution < 1.29 is 0 Å². The second kappa shape index (κ2) is 3.37. The second-order valence-corrected chi connectivity index (χ2v) is 2.25. The highest BCUT2D eigenvalue weighted by atomic mass is 15.3. The van der Waals surface area contributed by atoms with Crippen molar-refractivity contribution >= 4 is 0 Å². The van der Waals surface area contributed by atoms with E-state index in [-0.39, 0.29) is 0 Å². The van der Waals surface area contributed by atoms with Gasteiger partial charge in [0.1, 0.15) is 0 Å². The average molecular weight is 139 g/mol. The molecule has 1 heterocycles. The van der Waals surface area contributed by atoms with Crippen LogP contribution in [0.1, 0.15) is 19.0 Å². The molecule has 10 heavy (non-hydrogen) atoms. The van der Waals surface area contributed by atoms with Gasteiger partial charge in [-0.3, -0.25) is 4.68 Å². The molecular formula is C7H13N3. The molecule has 3 nitrogen and oxygen atoms in total. The zero-order valence-corrected chi connectivity index (χ0v) is 6.25. The minimum atomic E-state index is 0.583. The molecular weight excluding hydrogens is 126 g/mol. The summed E-state index contributed by atoms with van der Waals surface area (Å²) in [7, 11) is 0. The fraction of sp³-hybridized carbons (Fsp3) is 0.571. The van der Waals surface area contributed by atoms with Gasteiger partial charge >= 0.3 is 0 Å². The van der Waals surface area contributed by atoms with E-state index in [2.05, 4.69) is 12.0 Å². The molecule has 0 unspecified atom stereocenters. The van der Waals surface area contributed by atoms with E-state index in [4.69, 9.17) is 5.73 Å². The maximum Gasteiger partial charge on any atom is 0.0519 e. The highest BCUT2D eigenvalue weighted by Crippen LogP contribution is 1.97. The van der Waals surface area contributed by atoms with Crippen molar-refractivity contribution in [3.63, 3.8) is 0 Å². The number of aryl methyl sites for hydroxylation is 1. The lowest BCUT2D eigenvalue weighted by Crippen LogP contribution is -2.08. The van der Waals surface area contributed by atoms with E-state index >= 15 is 0 Å². The van der Waals surface area contributed by atoms with Gasteiger partial charge in [0.25, 0.3) is 0 Å². The minimum absolute atomic E-state index is 0.583. The summed E-state index contributed by atoms with van der Waals surface area (Å²) in [4.78, 5) is 0. The first-order valence-corrected chi connectivity index (χ1v) is 3.59. The van der Waals surface area contributed by atoms with Crippen LogP contribution >= 0.6 is 0 Å². The highest BCUT2D eigenvalue weighted by molar-refractivity contribution is 4.98. The molecule has 1 aromatic rings. The zero-order valence-electron chi connectivity index (χ0n) is 6.25. The fourth-order valence-electron chi connectivity index (χ4n) is 0.947. The largest absolute Gasteiger partial charge is 0.325 e. The van der Waals surface area contributed by atoms with Crippen molar-refractivity contribution in [2.75, 3.05) is 0 Å². The summed E-state index contributed by atoms with van der Waals surface area (Å²) in [5, 5.41) is 4.11. The van der Waals surface area contributed by atoms with Gasteiger partial charge in [-0.15, -0.1) is 0 Å². The third kappa shape index (κ3) is 1.36. The average Bonchev–Trinajstić information content (AvgIpc) is 2.36. The van der Waals surface area contributed by atoms with Crippen molar-refractivity contribution in [2.45, 2.75) is 26.4 Å². The third-order valence-corrected chi connectivity index (χ3v) is 1.45. The number of nitrogens with two attached hydrogens (primary N) is 1. The molecule has 0 bridgehead atoms. The van der Waals surface area contributed by atoms with Gasteiger partial charge in [0.15, 0.2) is 0 Å². The Morgan fingerprint density at radius 3 is 3.10 bits per heavy atom. The third-order valence-electron chi connectivity index (χ3n) is 1.45. The van der Waals surface area contributed by atoms with Gasteiger partial charge in [-0.25, -0.2) is 0 Å². The number of nitrogens with zero attached hydrogens (tertiary/aromatic N) is 2. The summed E-state index contributed by atoms with van der Waals surface area (Å²) < 4.78 is 1.94. The summed E-state index contributed by atoms with van der Waals surface area (Å²) in [6.07, 6.45) is 2.90. The van der Waals surface area contributed by atoms with Crippen LogP contribution in [0, 0.1) is 0 Å². The molecule has 2 N–H and O–H groups in total. The van der Waals surface area contributed by atoms with Crippen molar-refractivity contribution in [2.24, 2.45) is 5.73 Å². The van der Waals surface area contributed by atoms with E-state index in [1.54, 1.807) is 6.20 Å². The van der Waals surface area contributed by atoms with E-state index < -0.39 is 0 Å². The lowest BCUT2D eigenvalue weighted by Gasteiger charge is -2.01. The molecule has 0 saturated carbocycles. The molecule has 0 aliphatic heterocycles. The van der Waals surface area contributed by atoms with Crippen LogP contribution in [-0.2, 0) is 13.1 Å². The second-order valence-electron chi connectivity index (χ2n) is 2.25. The smallest absolute Gasteiger partial charge is 0.0519 e. The molecule has 0 aromatic carbocycles. The molecule has 0 amide bonds. The van der Waals surface area contributed by atoms with Gasteiger partial charge in [0.2, 0.25) is 0 Å². The van der Waals surface area contributed by atoms with Crippen LogP contribution in [0.15, 0.2) is 12.3 Å². The molecule has 0 spiro atoms. The van der Waals surface area contributed by atoms with Crippen molar-refractivity contribution in [1.29, 1.82) is 0 Å². The predicted molar refractivity (Wildman–Crippen MR) is 40.4 cm³/mol. The minimum Gasteiger partial charge on any atom is -0.325 e. The van der Waals surface area contributed by atoms with Gasteiger partial charge in [0.05, 0.1) is 5.69 Å². The number of aromatic nitrogens is 2. The summed E-state index contributed by atoms with van der Waals surface area (Å²) >= 11 is 0. The normalized spacial score (nSPS) is 10.2. The Morgan fingerprint density at radius 2 is 2.50 bits per heavy atom. The maximum atomic E-state index is 5.46. The summed E-state index contributed by atoms with van der Waals surface area (Å²) in [5.41, 5.74) is 6.58. The first kappa shape index (κ1) is 7.28. The lowest BCUT2D eigenvalue weighted by atomic mass is 10.4. The molecule has 0 atom stereocenters. The highest BCUT2D eigenvalue weighted by Gasteiger charge is 1.96.